The monoisotopic (exact) mass is 271 g/mol. The quantitative estimate of drug-likeness (QED) is 0.862. The van der Waals surface area contributed by atoms with Crippen LogP contribution >= 0.6 is 0 Å². The predicted octanol–water partition coefficient (Wildman–Crippen LogP) is 2.50. The summed E-state index contributed by atoms with van der Waals surface area (Å²) in [6, 6.07) is 3.54. The molecule has 0 bridgehead atoms. The second-order valence-corrected chi connectivity index (χ2v) is 4.65. The van der Waals surface area contributed by atoms with Gasteiger partial charge in [0, 0.05) is 12.6 Å². The molecule has 0 radical (unpaired) electrons. The average molecular weight is 271 g/mol. The molecule has 1 aromatic rings. The molecule has 0 spiro atoms. The van der Waals surface area contributed by atoms with E-state index in [0.29, 0.717) is 12.4 Å². The zero-order chi connectivity index (χ0) is 13.7. The van der Waals surface area contributed by atoms with Crippen molar-refractivity contribution in [1.29, 1.82) is 0 Å². The van der Waals surface area contributed by atoms with Crippen LogP contribution in [0.1, 0.15) is 19.8 Å². The largest absolute Gasteiger partial charge is 0.491 e. The predicted molar refractivity (Wildman–Crippen MR) is 68.3 cm³/mol. The SMILES string of the molecule is CCNCC1CCC(COc2ccc(F)c(F)c2)O1. The summed E-state index contributed by atoms with van der Waals surface area (Å²) in [7, 11) is 0. The molecule has 2 unspecified atom stereocenters. The highest BCUT2D eigenvalue weighted by atomic mass is 19.2. The van der Waals surface area contributed by atoms with Crippen LogP contribution in [0.3, 0.4) is 0 Å². The van der Waals surface area contributed by atoms with Crippen molar-refractivity contribution in [2.75, 3.05) is 19.7 Å². The minimum Gasteiger partial charge on any atom is -0.491 e. The average Bonchev–Trinajstić information content (AvgIpc) is 2.86. The fourth-order valence-corrected chi connectivity index (χ4v) is 2.11. The lowest BCUT2D eigenvalue weighted by Crippen LogP contribution is -2.28. The molecule has 1 aliphatic heterocycles. The zero-order valence-corrected chi connectivity index (χ0v) is 11.0. The smallest absolute Gasteiger partial charge is 0.162 e. The van der Waals surface area contributed by atoms with Gasteiger partial charge in [0.2, 0.25) is 0 Å². The van der Waals surface area contributed by atoms with Gasteiger partial charge in [0.25, 0.3) is 0 Å². The third-order valence-electron chi connectivity index (χ3n) is 3.14. The minimum atomic E-state index is -0.894. The molecule has 1 heterocycles. The summed E-state index contributed by atoms with van der Waals surface area (Å²) in [5.74, 6) is -1.43. The summed E-state index contributed by atoms with van der Waals surface area (Å²) in [5, 5.41) is 3.24. The molecule has 2 atom stereocenters. The molecule has 1 saturated heterocycles. The second-order valence-electron chi connectivity index (χ2n) is 4.65. The van der Waals surface area contributed by atoms with Crippen molar-refractivity contribution in [1.82, 2.24) is 5.32 Å². The van der Waals surface area contributed by atoms with Crippen molar-refractivity contribution < 1.29 is 18.3 Å². The maximum atomic E-state index is 13.0. The highest BCUT2D eigenvalue weighted by Crippen LogP contribution is 2.21. The van der Waals surface area contributed by atoms with E-state index in [1.54, 1.807) is 0 Å². The van der Waals surface area contributed by atoms with Crippen molar-refractivity contribution in [3.63, 3.8) is 0 Å². The van der Waals surface area contributed by atoms with Gasteiger partial charge in [0.05, 0.1) is 12.2 Å². The van der Waals surface area contributed by atoms with E-state index in [2.05, 4.69) is 12.2 Å². The van der Waals surface area contributed by atoms with E-state index < -0.39 is 11.6 Å². The van der Waals surface area contributed by atoms with E-state index in [0.717, 1.165) is 38.1 Å². The highest BCUT2D eigenvalue weighted by Gasteiger charge is 2.25. The van der Waals surface area contributed by atoms with Gasteiger partial charge in [-0.2, -0.15) is 0 Å². The molecule has 19 heavy (non-hydrogen) atoms. The molecular formula is C14H19F2NO2. The Kier molecular flexibility index (Phi) is 5.10. The lowest BCUT2D eigenvalue weighted by atomic mass is 10.2. The van der Waals surface area contributed by atoms with Crippen LogP contribution in [0.5, 0.6) is 5.75 Å². The lowest BCUT2D eigenvalue weighted by Gasteiger charge is -2.15. The first-order valence-corrected chi connectivity index (χ1v) is 6.63. The Morgan fingerprint density at radius 2 is 2.05 bits per heavy atom. The van der Waals surface area contributed by atoms with E-state index in [9.17, 15) is 8.78 Å². The van der Waals surface area contributed by atoms with Crippen LogP contribution < -0.4 is 10.1 Å². The highest BCUT2D eigenvalue weighted by molar-refractivity contribution is 5.23. The lowest BCUT2D eigenvalue weighted by molar-refractivity contribution is 0.0187. The van der Waals surface area contributed by atoms with Crippen molar-refractivity contribution in [2.24, 2.45) is 0 Å². The van der Waals surface area contributed by atoms with E-state index in [1.807, 2.05) is 0 Å². The number of hydrogen-bond acceptors (Lipinski definition) is 3. The molecule has 0 amide bonds. The molecule has 106 valence electrons. The molecule has 0 aliphatic carbocycles. The number of rotatable bonds is 6. The van der Waals surface area contributed by atoms with E-state index >= 15 is 0 Å². The van der Waals surface area contributed by atoms with Gasteiger partial charge >= 0.3 is 0 Å². The van der Waals surface area contributed by atoms with Crippen LogP contribution in [0.2, 0.25) is 0 Å². The van der Waals surface area contributed by atoms with Crippen LogP contribution in [0.25, 0.3) is 0 Å². The van der Waals surface area contributed by atoms with Crippen LogP contribution in [0, 0.1) is 11.6 Å². The van der Waals surface area contributed by atoms with E-state index in [-0.39, 0.29) is 12.2 Å². The van der Waals surface area contributed by atoms with Gasteiger partial charge in [-0.15, -0.1) is 0 Å². The van der Waals surface area contributed by atoms with Crippen molar-refractivity contribution in [2.45, 2.75) is 32.0 Å². The molecular weight excluding hydrogens is 252 g/mol. The molecule has 0 saturated carbocycles. The summed E-state index contributed by atoms with van der Waals surface area (Å²) in [4.78, 5) is 0. The number of halogens is 2. The first-order chi connectivity index (χ1) is 9.19. The molecule has 1 aliphatic rings. The van der Waals surface area contributed by atoms with Crippen molar-refractivity contribution in [3.05, 3.63) is 29.8 Å². The van der Waals surface area contributed by atoms with Gasteiger partial charge in [0.15, 0.2) is 11.6 Å². The Morgan fingerprint density at radius 1 is 1.26 bits per heavy atom. The Labute approximate surface area is 111 Å². The van der Waals surface area contributed by atoms with Gasteiger partial charge in [-0.25, -0.2) is 8.78 Å². The molecule has 3 nitrogen and oxygen atoms in total. The number of ether oxygens (including phenoxy) is 2. The maximum Gasteiger partial charge on any atom is 0.162 e. The van der Waals surface area contributed by atoms with E-state index in [4.69, 9.17) is 9.47 Å². The summed E-state index contributed by atoms with van der Waals surface area (Å²) >= 11 is 0. The standard InChI is InChI=1S/C14H19F2NO2/c1-2-17-8-11-3-4-12(19-11)9-18-10-5-6-13(15)14(16)7-10/h5-7,11-12,17H,2-4,8-9H2,1H3. The van der Waals surface area contributed by atoms with Gasteiger partial charge in [0.1, 0.15) is 12.4 Å². The van der Waals surface area contributed by atoms with Crippen LogP contribution in [0.4, 0.5) is 8.78 Å². The minimum absolute atomic E-state index is 0.0248. The van der Waals surface area contributed by atoms with Gasteiger partial charge in [-0.05, 0) is 31.5 Å². The van der Waals surface area contributed by atoms with Crippen molar-refractivity contribution >= 4 is 0 Å². The molecule has 5 heteroatoms. The summed E-state index contributed by atoms with van der Waals surface area (Å²) < 4.78 is 36.9. The first kappa shape index (κ1) is 14.2. The Bertz CT molecular complexity index is 414. The third kappa shape index (κ3) is 4.14. The topological polar surface area (TPSA) is 30.5 Å². The summed E-state index contributed by atoms with van der Waals surface area (Å²) in [6.07, 6.45) is 2.17. The first-order valence-electron chi connectivity index (χ1n) is 6.63. The molecule has 2 rings (SSSR count). The van der Waals surface area contributed by atoms with Crippen LogP contribution in [-0.2, 0) is 4.74 Å². The number of likely N-dealkylation sites (N-methyl/N-ethyl adjacent to an activating group) is 1. The Hall–Kier alpha value is -1.20. The Balaban J connectivity index is 1.75. The fraction of sp³-hybridized carbons (Fsp3) is 0.571. The maximum absolute atomic E-state index is 13.0. The molecule has 0 aromatic heterocycles. The van der Waals surface area contributed by atoms with Crippen LogP contribution in [0.15, 0.2) is 18.2 Å². The fourth-order valence-electron chi connectivity index (χ4n) is 2.11. The summed E-state index contributed by atoms with van der Waals surface area (Å²) in [5.41, 5.74) is 0. The molecule has 1 fully saturated rings. The van der Waals surface area contributed by atoms with Gasteiger partial charge < -0.3 is 14.8 Å². The van der Waals surface area contributed by atoms with E-state index in [1.165, 1.54) is 6.07 Å². The van der Waals surface area contributed by atoms with Crippen molar-refractivity contribution in [3.8, 4) is 5.75 Å². The number of benzene rings is 1. The van der Waals surface area contributed by atoms with Crippen LogP contribution in [-0.4, -0.2) is 31.9 Å². The third-order valence-corrected chi connectivity index (χ3v) is 3.14. The summed E-state index contributed by atoms with van der Waals surface area (Å²) in [6.45, 7) is 4.19. The Morgan fingerprint density at radius 3 is 2.79 bits per heavy atom. The molecule has 1 N–H and O–H groups in total. The van der Waals surface area contributed by atoms with Gasteiger partial charge in [-0.1, -0.05) is 6.92 Å². The van der Waals surface area contributed by atoms with Gasteiger partial charge in [-0.3, -0.25) is 0 Å². The zero-order valence-electron chi connectivity index (χ0n) is 11.0. The number of nitrogens with one attached hydrogen (secondary N) is 1. The number of hydrogen-bond donors (Lipinski definition) is 1. The molecule has 1 aromatic carbocycles. The normalized spacial score (nSPS) is 22.7. The second kappa shape index (κ2) is 6.82.